The molecule has 0 bridgehead atoms. The third-order valence-corrected chi connectivity index (χ3v) is 1.74. The smallest absolute Gasteiger partial charge is 0.422 e. The molecule has 0 aliphatic carbocycles. The largest absolute Gasteiger partial charge is 0.480 e. The predicted octanol–water partition coefficient (Wildman–Crippen LogP) is 1.77. The molecule has 17 heavy (non-hydrogen) atoms. The van der Waals surface area contributed by atoms with Gasteiger partial charge in [-0.1, -0.05) is 20.8 Å². The first kappa shape index (κ1) is 15.5. The van der Waals surface area contributed by atoms with Crippen molar-refractivity contribution in [3.63, 3.8) is 0 Å². The molecule has 5 nitrogen and oxygen atoms in total. The van der Waals surface area contributed by atoms with E-state index < -0.39 is 36.3 Å². The van der Waals surface area contributed by atoms with Crippen LogP contribution in [0, 0.1) is 5.41 Å². The summed E-state index contributed by atoms with van der Waals surface area (Å²) in [4.78, 5) is 21.7. The summed E-state index contributed by atoms with van der Waals surface area (Å²) in [7, 11) is 0. The summed E-state index contributed by atoms with van der Waals surface area (Å²) in [5.74, 6) is -1.35. The first-order chi connectivity index (χ1) is 7.43. The zero-order chi connectivity index (χ0) is 13.9. The fraction of sp³-hybridized carbons (Fsp3) is 0.778. The Morgan fingerprint density at radius 3 is 2.06 bits per heavy atom. The van der Waals surface area contributed by atoms with Crippen LogP contribution < -0.4 is 5.32 Å². The number of aliphatic carboxylic acids is 1. The third-order valence-electron chi connectivity index (χ3n) is 1.74. The van der Waals surface area contributed by atoms with Crippen LogP contribution in [0.5, 0.6) is 0 Å². The van der Waals surface area contributed by atoms with E-state index in [0.717, 1.165) is 0 Å². The van der Waals surface area contributed by atoms with Crippen molar-refractivity contribution in [2.45, 2.75) is 33.0 Å². The summed E-state index contributed by atoms with van der Waals surface area (Å²) in [6, 6.07) is -1.33. The highest BCUT2D eigenvalue weighted by Gasteiger charge is 2.35. The van der Waals surface area contributed by atoms with Crippen molar-refractivity contribution >= 4 is 12.1 Å². The number of carbonyl (C=O) groups excluding carboxylic acids is 1. The van der Waals surface area contributed by atoms with Crippen LogP contribution in [0.1, 0.15) is 20.8 Å². The van der Waals surface area contributed by atoms with Crippen LogP contribution >= 0.6 is 0 Å². The van der Waals surface area contributed by atoms with E-state index in [-0.39, 0.29) is 0 Å². The van der Waals surface area contributed by atoms with Crippen LogP contribution in [0.15, 0.2) is 0 Å². The Labute approximate surface area is 95.9 Å². The van der Waals surface area contributed by atoms with Gasteiger partial charge in [0, 0.05) is 0 Å². The Bertz CT molecular complexity index is 296. The molecule has 0 spiro atoms. The number of nitrogens with one attached hydrogen (secondary N) is 1. The first-order valence-corrected chi connectivity index (χ1v) is 4.66. The van der Waals surface area contributed by atoms with Gasteiger partial charge in [-0.05, 0) is 5.41 Å². The maximum atomic E-state index is 11.7. The minimum absolute atomic E-state index is 0.844. The molecule has 0 aliphatic rings. The van der Waals surface area contributed by atoms with Gasteiger partial charge in [0.1, 0.15) is 6.04 Å². The van der Waals surface area contributed by atoms with Gasteiger partial charge in [-0.25, -0.2) is 9.59 Å². The lowest BCUT2D eigenvalue weighted by molar-refractivity contribution is -0.160. The van der Waals surface area contributed by atoms with E-state index in [9.17, 15) is 22.8 Å². The maximum absolute atomic E-state index is 11.7. The molecule has 0 fully saturated rings. The monoisotopic (exact) mass is 257 g/mol. The van der Waals surface area contributed by atoms with Crippen LogP contribution in [-0.2, 0) is 9.53 Å². The summed E-state index contributed by atoms with van der Waals surface area (Å²) in [5.41, 5.74) is -0.844. The molecular formula is C9H14F3NO4. The highest BCUT2D eigenvalue weighted by atomic mass is 19.4. The Balaban J connectivity index is 4.39. The van der Waals surface area contributed by atoms with Crippen molar-refractivity contribution in [1.29, 1.82) is 0 Å². The van der Waals surface area contributed by atoms with E-state index in [1.165, 1.54) is 20.8 Å². The number of rotatable bonds is 3. The van der Waals surface area contributed by atoms with Crippen molar-refractivity contribution in [2.24, 2.45) is 5.41 Å². The molecule has 1 amide bonds. The lowest BCUT2D eigenvalue weighted by atomic mass is 9.87. The second kappa shape index (κ2) is 5.24. The number of hydrogen-bond acceptors (Lipinski definition) is 3. The number of carboxylic acids is 1. The molecule has 0 aromatic rings. The zero-order valence-corrected chi connectivity index (χ0v) is 9.59. The lowest BCUT2D eigenvalue weighted by Gasteiger charge is -2.27. The molecule has 0 aliphatic heterocycles. The van der Waals surface area contributed by atoms with Gasteiger partial charge in [0.25, 0.3) is 0 Å². The van der Waals surface area contributed by atoms with Crippen LogP contribution in [0.4, 0.5) is 18.0 Å². The van der Waals surface area contributed by atoms with Gasteiger partial charge >= 0.3 is 18.2 Å². The highest BCUT2D eigenvalue weighted by Crippen LogP contribution is 2.20. The number of carbonyl (C=O) groups is 2. The van der Waals surface area contributed by atoms with Gasteiger partial charge in [-0.2, -0.15) is 13.2 Å². The molecule has 100 valence electrons. The van der Waals surface area contributed by atoms with E-state index in [4.69, 9.17) is 5.11 Å². The van der Waals surface area contributed by atoms with Crippen molar-refractivity contribution in [3.05, 3.63) is 0 Å². The SMILES string of the molecule is CC(C)(C)[C@@H](NC(=O)OCC(F)(F)F)C(=O)O. The van der Waals surface area contributed by atoms with Gasteiger partial charge in [-0.15, -0.1) is 0 Å². The number of halogens is 3. The molecule has 0 heterocycles. The number of ether oxygens (including phenoxy) is 1. The van der Waals surface area contributed by atoms with Gasteiger partial charge in [0.05, 0.1) is 0 Å². The molecule has 2 N–H and O–H groups in total. The summed E-state index contributed by atoms with van der Waals surface area (Å²) in [5, 5.41) is 10.7. The summed E-state index contributed by atoms with van der Waals surface area (Å²) in [6.45, 7) is 2.82. The third kappa shape index (κ3) is 6.64. The van der Waals surface area contributed by atoms with Crippen LogP contribution in [0.2, 0.25) is 0 Å². The molecule has 0 saturated carbocycles. The minimum Gasteiger partial charge on any atom is -0.480 e. The fourth-order valence-corrected chi connectivity index (χ4v) is 0.956. The van der Waals surface area contributed by atoms with Gasteiger partial charge in [0.15, 0.2) is 6.61 Å². The standard InChI is InChI=1S/C9H14F3NO4/c1-8(2,3)5(6(14)15)13-7(16)17-4-9(10,11)12/h5H,4H2,1-3H3,(H,13,16)(H,14,15)/t5-/m0/s1. The van der Waals surface area contributed by atoms with E-state index in [1.54, 1.807) is 0 Å². The Morgan fingerprint density at radius 1 is 1.29 bits per heavy atom. The van der Waals surface area contributed by atoms with Gasteiger partial charge in [-0.3, -0.25) is 0 Å². The van der Waals surface area contributed by atoms with Crippen LogP contribution in [0.25, 0.3) is 0 Å². The van der Waals surface area contributed by atoms with Crippen LogP contribution in [-0.4, -0.2) is 36.0 Å². The van der Waals surface area contributed by atoms with E-state index in [1.807, 2.05) is 5.32 Å². The first-order valence-electron chi connectivity index (χ1n) is 4.66. The van der Waals surface area contributed by atoms with E-state index >= 15 is 0 Å². The van der Waals surface area contributed by atoms with E-state index in [0.29, 0.717) is 0 Å². The van der Waals surface area contributed by atoms with Crippen molar-refractivity contribution in [2.75, 3.05) is 6.61 Å². The van der Waals surface area contributed by atoms with Crippen molar-refractivity contribution < 1.29 is 32.6 Å². The average molecular weight is 257 g/mol. The Hall–Kier alpha value is -1.47. The average Bonchev–Trinajstić information content (AvgIpc) is 2.07. The minimum atomic E-state index is -4.64. The quantitative estimate of drug-likeness (QED) is 0.808. The Morgan fingerprint density at radius 2 is 1.76 bits per heavy atom. The number of alkyl halides is 3. The lowest BCUT2D eigenvalue weighted by Crippen LogP contribution is -2.49. The number of hydrogen-bond donors (Lipinski definition) is 2. The molecule has 0 aromatic carbocycles. The number of carboxylic acid groups (broad SMARTS) is 1. The maximum Gasteiger partial charge on any atom is 0.422 e. The van der Waals surface area contributed by atoms with E-state index in [2.05, 4.69) is 4.74 Å². The molecular weight excluding hydrogens is 243 g/mol. The highest BCUT2D eigenvalue weighted by molar-refractivity contribution is 5.80. The van der Waals surface area contributed by atoms with Gasteiger partial charge < -0.3 is 15.2 Å². The Kier molecular flexibility index (Phi) is 4.79. The normalized spacial score (nSPS) is 14.0. The second-order valence-corrected chi connectivity index (χ2v) is 4.47. The molecule has 0 saturated heterocycles. The van der Waals surface area contributed by atoms with Gasteiger partial charge in [0.2, 0.25) is 0 Å². The van der Waals surface area contributed by atoms with Crippen molar-refractivity contribution in [3.8, 4) is 0 Å². The summed E-state index contributed by atoms with van der Waals surface area (Å²) in [6.07, 6.45) is -6.05. The molecule has 0 radical (unpaired) electrons. The number of amides is 1. The molecule has 0 aromatic heterocycles. The zero-order valence-electron chi connectivity index (χ0n) is 9.59. The predicted molar refractivity (Wildman–Crippen MR) is 51.4 cm³/mol. The van der Waals surface area contributed by atoms with Crippen molar-refractivity contribution in [1.82, 2.24) is 5.32 Å². The molecule has 0 unspecified atom stereocenters. The topological polar surface area (TPSA) is 75.6 Å². The molecule has 1 atom stereocenters. The van der Waals surface area contributed by atoms with Crippen LogP contribution in [0.3, 0.4) is 0 Å². The fourth-order valence-electron chi connectivity index (χ4n) is 0.956. The molecule has 8 heteroatoms. The second-order valence-electron chi connectivity index (χ2n) is 4.47. The number of alkyl carbamates (subject to hydrolysis) is 1. The summed E-state index contributed by atoms with van der Waals surface area (Å²) < 4.78 is 39.0. The summed E-state index contributed by atoms with van der Waals surface area (Å²) >= 11 is 0. The molecule has 0 rings (SSSR count).